The van der Waals surface area contributed by atoms with Crippen molar-refractivity contribution in [1.29, 1.82) is 0 Å². The van der Waals surface area contributed by atoms with Gasteiger partial charge >= 0.3 is 0 Å². The Balaban J connectivity index is 2.54. The zero-order chi connectivity index (χ0) is 14.4. The minimum atomic E-state index is 0.0464. The number of nitrogens with zero attached hydrogens (tertiary/aromatic N) is 1. The van der Waals surface area contributed by atoms with E-state index in [2.05, 4.69) is 21.2 Å². The molecule has 1 N–H and O–H groups in total. The van der Waals surface area contributed by atoms with Gasteiger partial charge in [0.25, 0.3) is 0 Å². The number of benzene rings is 1. The molecule has 1 amide bonds. The number of methoxy groups -OCH3 is 1. The third-order valence-electron chi connectivity index (χ3n) is 2.53. The summed E-state index contributed by atoms with van der Waals surface area (Å²) in [5.74, 6) is 0.856. The highest BCUT2D eigenvalue weighted by Gasteiger charge is 2.09. The van der Waals surface area contributed by atoms with Gasteiger partial charge in [0, 0.05) is 12.6 Å². The van der Waals surface area contributed by atoms with E-state index in [1.165, 1.54) is 0 Å². The number of halogens is 1. The van der Waals surface area contributed by atoms with Gasteiger partial charge in [-0.1, -0.05) is 6.07 Å². The first kappa shape index (κ1) is 16.0. The Labute approximate surface area is 123 Å². The number of carbonyl (C=O) groups is 1. The Morgan fingerprint density at radius 3 is 2.68 bits per heavy atom. The molecule has 0 fully saturated rings. The van der Waals surface area contributed by atoms with Crippen molar-refractivity contribution >= 4 is 21.8 Å². The Hall–Kier alpha value is -1.07. The summed E-state index contributed by atoms with van der Waals surface area (Å²) in [4.78, 5) is 13.6. The minimum absolute atomic E-state index is 0.0464. The molecule has 1 aromatic rings. The first-order chi connectivity index (χ1) is 8.92. The molecule has 0 saturated heterocycles. The van der Waals surface area contributed by atoms with Crippen LogP contribution in [-0.4, -0.2) is 37.6 Å². The Morgan fingerprint density at radius 1 is 1.47 bits per heavy atom. The van der Waals surface area contributed by atoms with Crippen LogP contribution in [0.15, 0.2) is 22.7 Å². The zero-order valence-corrected chi connectivity index (χ0v) is 13.5. The molecular formula is C14H21BrN2O2. The van der Waals surface area contributed by atoms with Crippen LogP contribution in [0.4, 0.5) is 0 Å². The van der Waals surface area contributed by atoms with Gasteiger partial charge in [-0.05, 0) is 54.5 Å². The van der Waals surface area contributed by atoms with Gasteiger partial charge in [-0.2, -0.15) is 0 Å². The van der Waals surface area contributed by atoms with Crippen molar-refractivity contribution in [3.63, 3.8) is 0 Å². The van der Waals surface area contributed by atoms with E-state index in [4.69, 9.17) is 4.74 Å². The van der Waals surface area contributed by atoms with Crippen molar-refractivity contribution in [3.05, 3.63) is 28.2 Å². The molecular weight excluding hydrogens is 308 g/mol. The van der Waals surface area contributed by atoms with E-state index < -0.39 is 0 Å². The van der Waals surface area contributed by atoms with Gasteiger partial charge in [0.2, 0.25) is 5.91 Å². The number of hydrogen-bond acceptors (Lipinski definition) is 3. The fourth-order valence-electron chi connectivity index (χ4n) is 1.79. The van der Waals surface area contributed by atoms with Crippen molar-refractivity contribution in [1.82, 2.24) is 10.2 Å². The fraction of sp³-hybridized carbons (Fsp3) is 0.500. The van der Waals surface area contributed by atoms with Crippen LogP contribution in [-0.2, 0) is 11.3 Å². The molecule has 0 aliphatic carbocycles. The van der Waals surface area contributed by atoms with Crippen LogP contribution < -0.4 is 10.1 Å². The van der Waals surface area contributed by atoms with Crippen molar-refractivity contribution in [2.45, 2.75) is 26.4 Å². The number of hydrogen-bond donors (Lipinski definition) is 1. The average Bonchev–Trinajstić information content (AvgIpc) is 2.27. The molecule has 1 rings (SSSR count). The molecule has 0 aromatic heterocycles. The molecule has 0 bridgehead atoms. The molecule has 1 aromatic carbocycles. The minimum Gasteiger partial charge on any atom is -0.496 e. The largest absolute Gasteiger partial charge is 0.496 e. The van der Waals surface area contributed by atoms with E-state index in [1.54, 1.807) is 7.11 Å². The van der Waals surface area contributed by atoms with E-state index in [0.29, 0.717) is 13.1 Å². The van der Waals surface area contributed by atoms with Crippen LogP contribution in [0.5, 0.6) is 5.75 Å². The lowest BCUT2D eigenvalue weighted by molar-refractivity contribution is -0.122. The maximum atomic E-state index is 11.6. The van der Waals surface area contributed by atoms with E-state index >= 15 is 0 Å². The second-order valence-electron chi connectivity index (χ2n) is 4.86. The summed E-state index contributed by atoms with van der Waals surface area (Å²) in [6.07, 6.45) is 0. The predicted octanol–water partition coefficient (Wildman–Crippen LogP) is 2.41. The van der Waals surface area contributed by atoms with Crippen molar-refractivity contribution < 1.29 is 9.53 Å². The lowest BCUT2D eigenvalue weighted by atomic mass is 10.2. The van der Waals surface area contributed by atoms with Gasteiger partial charge in [-0.25, -0.2) is 0 Å². The van der Waals surface area contributed by atoms with Gasteiger partial charge in [-0.3, -0.25) is 9.69 Å². The summed E-state index contributed by atoms with van der Waals surface area (Å²) in [5, 5.41) is 2.88. The summed E-state index contributed by atoms with van der Waals surface area (Å²) in [7, 11) is 3.57. The molecule has 0 heterocycles. The number of nitrogens with one attached hydrogen (secondary N) is 1. The van der Waals surface area contributed by atoms with E-state index in [-0.39, 0.29) is 11.9 Å². The average molecular weight is 329 g/mol. The molecule has 106 valence electrons. The van der Waals surface area contributed by atoms with Gasteiger partial charge in [-0.15, -0.1) is 0 Å². The summed E-state index contributed by atoms with van der Waals surface area (Å²) < 4.78 is 6.11. The number of carbonyl (C=O) groups excluding carboxylic acids is 1. The third kappa shape index (κ3) is 5.61. The molecule has 0 spiro atoms. The number of ether oxygens (including phenoxy) is 1. The third-order valence-corrected chi connectivity index (χ3v) is 3.15. The molecule has 0 aliphatic rings. The maximum absolute atomic E-state index is 11.6. The number of amides is 1. The maximum Gasteiger partial charge on any atom is 0.234 e. The molecule has 19 heavy (non-hydrogen) atoms. The van der Waals surface area contributed by atoms with Crippen molar-refractivity contribution in [2.75, 3.05) is 20.7 Å². The van der Waals surface area contributed by atoms with Crippen LogP contribution in [0.25, 0.3) is 0 Å². The van der Waals surface area contributed by atoms with E-state index in [9.17, 15) is 4.79 Å². The van der Waals surface area contributed by atoms with E-state index in [1.807, 2.05) is 44.0 Å². The van der Waals surface area contributed by atoms with Gasteiger partial charge in [0.15, 0.2) is 0 Å². The quantitative estimate of drug-likeness (QED) is 0.871. The van der Waals surface area contributed by atoms with Crippen LogP contribution >= 0.6 is 15.9 Å². The van der Waals surface area contributed by atoms with Crippen molar-refractivity contribution in [2.24, 2.45) is 0 Å². The van der Waals surface area contributed by atoms with Crippen molar-refractivity contribution in [3.8, 4) is 5.75 Å². The highest BCUT2D eigenvalue weighted by molar-refractivity contribution is 9.10. The first-order valence-corrected chi connectivity index (χ1v) is 7.02. The summed E-state index contributed by atoms with van der Waals surface area (Å²) in [5.41, 5.74) is 1.13. The van der Waals surface area contributed by atoms with Crippen LogP contribution in [0.1, 0.15) is 19.4 Å². The SMILES string of the molecule is COc1ccc(CN(C)CC(=O)NC(C)C)cc1Br. The van der Waals surface area contributed by atoms with Gasteiger partial charge < -0.3 is 10.1 Å². The molecule has 0 atom stereocenters. The predicted molar refractivity (Wildman–Crippen MR) is 80.3 cm³/mol. The van der Waals surface area contributed by atoms with Crippen LogP contribution in [0, 0.1) is 0 Å². The smallest absolute Gasteiger partial charge is 0.234 e. The normalized spacial score (nSPS) is 10.9. The zero-order valence-electron chi connectivity index (χ0n) is 11.9. The lowest BCUT2D eigenvalue weighted by Crippen LogP contribution is -2.38. The summed E-state index contributed by atoms with van der Waals surface area (Å²) >= 11 is 3.46. The number of rotatable bonds is 6. The molecule has 0 saturated carbocycles. The second-order valence-corrected chi connectivity index (χ2v) is 5.72. The summed E-state index contributed by atoms with van der Waals surface area (Å²) in [6, 6.07) is 6.11. The lowest BCUT2D eigenvalue weighted by Gasteiger charge is -2.18. The van der Waals surface area contributed by atoms with Crippen LogP contribution in [0.2, 0.25) is 0 Å². The Bertz CT molecular complexity index is 435. The second kappa shape index (κ2) is 7.50. The summed E-state index contributed by atoms with van der Waals surface area (Å²) in [6.45, 7) is 5.02. The molecule has 0 unspecified atom stereocenters. The molecule has 0 aliphatic heterocycles. The topological polar surface area (TPSA) is 41.6 Å². The standard InChI is InChI=1S/C14H21BrN2O2/c1-10(2)16-14(18)9-17(3)8-11-5-6-13(19-4)12(15)7-11/h5-7,10H,8-9H2,1-4H3,(H,16,18). The molecule has 5 heteroatoms. The Morgan fingerprint density at radius 2 is 2.16 bits per heavy atom. The molecule has 0 radical (unpaired) electrons. The van der Waals surface area contributed by atoms with Gasteiger partial charge in [0.05, 0.1) is 18.1 Å². The monoisotopic (exact) mass is 328 g/mol. The molecule has 4 nitrogen and oxygen atoms in total. The highest BCUT2D eigenvalue weighted by Crippen LogP contribution is 2.25. The first-order valence-electron chi connectivity index (χ1n) is 6.22. The van der Waals surface area contributed by atoms with Crippen LogP contribution in [0.3, 0.4) is 0 Å². The number of likely N-dealkylation sites (N-methyl/N-ethyl adjacent to an activating group) is 1. The fourth-order valence-corrected chi connectivity index (χ4v) is 2.38. The van der Waals surface area contributed by atoms with Gasteiger partial charge in [0.1, 0.15) is 5.75 Å². The Kier molecular flexibility index (Phi) is 6.31. The highest BCUT2D eigenvalue weighted by atomic mass is 79.9. The van der Waals surface area contributed by atoms with E-state index in [0.717, 1.165) is 15.8 Å².